The molecule has 1 aromatic carbocycles. The number of carbonyl (C=O) groups excluding carboxylic acids is 2. The largest absolute Gasteiger partial charge is 0.452 e. The molecule has 4 aliphatic carbocycles. The number of benzene rings is 1. The Morgan fingerprint density at radius 2 is 1.60 bits per heavy atom. The third-order valence-electron chi connectivity index (χ3n) is 6.24. The number of nitrogens with one attached hydrogen (secondary N) is 1. The number of amides is 1. The average Bonchev–Trinajstić information content (AvgIpc) is 2.57. The predicted octanol–water partition coefficient (Wildman–Crippen LogP) is 3.32. The summed E-state index contributed by atoms with van der Waals surface area (Å²) in [6.45, 7) is 0.409. The maximum Gasteiger partial charge on any atom is 0.338 e. The lowest BCUT2D eigenvalue weighted by Gasteiger charge is -2.56. The molecule has 4 fully saturated rings. The molecule has 4 aliphatic rings. The molecule has 25 heavy (non-hydrogen) atoms. The van der Waals surface area contributed by atoms with Crippen LogP contribution in [-0.2, 0) is 9.53 Å². The Hall–Kier alpha value is -1.91. The van der Waals surface area contributed by atoms with Crippen LogP contribution in [0.15, 0.2) is 24.3 Å². The first-order chi connectivity index (χ1) is 12.0. The maximum absolute atomic E-state index is 12.9. The number of halogens is 1. The number of esters is 1. The van der Waals surface area contributed by atoms with Crippen LogP contribution in [0.2, 0.25) is 0 Å². The van der Waals surface area contributed by atoms with Crippen LogP contribution in [0.4, 0.5) is 4.39 Å². The van der Waals surface area contributed by atoms with Gasteiger partial charge in [-0.05, 0) is 86.0 Å². The highest BCUT2D eigenvalue weighted by Crippen LogP contribution is 2.59. The standard InChI is InChI=1S/C20H24FNO3/c21-17-3-1-16(2-4-17)19(24)25-11-18(23)22-12-20-8-13-5-14(9-20)7-15(6-13)10-20/h1-4,13-15H,5-12H2,(H,22,23). The molecular weight excluding hydrogens is 321 g/mol. The first-order valence-electron chi connectivity index (χ1n) is 9.21. The van der Waals surface area contributed by atoms with E-state index in [-0.39, 0.29) is 23.5 Å². The molecule has 134 valence electrons. The molecule has 5 rings (SSSR count). The minimum atomic E-state index is -0.607. The molecule has 5 heteroatoms. The summed E-state index contributed by atoms with van der Waals surface area (Å²) in [5.74, 6) is 1.26. The quantitative estimate of drug-likeness (QED) is 0.833. The van der Waals surface area contributed by atoms with E-state index in [0.29, 0.717) is 6.54 Å². The Balaban J connectivity index is 1.26. The fourth-order valence-corrected chi connectivity index (χ4v) is 5.64. The second-order valence-electron chi connectivity index (χ2n) is 8.28. The molecular formula is C20H24FNO3. The van der Waals surface area contributed by atoms with Gasteiger partial charge < -0.3 is 10.1 Å². The van der Waals surface area contributed by atoms with E-state index in [1.807, 2.05) is 0 Å². The monoisotopic (exact) mass is 345 g/mol. The second kappa shape index (κ2) is 6.43. The second-order valence-corrected chi connectivity index (χ2v) is 8.28. The van der Waals surface area contributed by atoms with Crippen molar-refractivity contribution in [2.75, 3.05) is 13.2 Å². The molecule has 1 N–H and O–H groups in total. The highest BCUT2D eigenvalue weighted by Gasteiger charge is 2.50. The van der Waals surface area contributed by atoms with Crippen molar-refractivity contribution in [1.82, 2.24) is 5.32 Å². The van der Waals surface area contributed by atoms with E-state index in [9.17, 15) is 14.0 Å². The Kier molecular flexibility index (Phi) is 4.26. The van der Waals surface area contributed by atoms with E-state index >= 15 is 0 Å². The molecule has 0 aromatic heterocycles. The zero-order valence-corrected chi connectivity index (χ0v) is 14.3. The van der Waals surface area contributed by atoms with E-state index < -0.39 is 11.8 Å². The van der Waals surface area contributed by atoms with Gasteiger partial charge in [0.15, 0.2) is 6.61 Å². The topological polar surface area (TPSA) is 55.4 Å². The van der Waals surface area contributed by atoms with Gasteiger partial charge in [0, 0.05) is 6.54 Å². The van der Waals surface area contributed by atoms with Crippen molar-refractivity contribution in [3.8, 4) is 0 Å². The summed E-state index contributed by atoms with van der Waals surface area (Å²) in [6.07, 6.45) is 7.82. The van der Waals surface area contributed by atoms with Crippen LogP contribution in [0.5, 0.6) is 0 Å². The summed E-state index contributed by atoms with van der Waals surface area (Å²) >= 11 is 0. The van der Waals surface area contributed by atoms with Gasteiger partial charge in [-0.1, -0.05) is 0 Å². The zero-order valence-electron chi connectivity index (χ0n) is 14.3. The third kappa shape index (κ3) is 3.55. The molecule has 1 aromatic rings. The molecule has 0 unspecified atom stereocenters. The Labute approximate surface area is 147 Å². The van der Waals surface area contributed by atoms with Gasteiger partial charge >= 0.3 is 5.97 Å². The van der Waals surface area contributed by atoms with Crippen molar-refractivity contribution in [3.05, 3.63) is 35.6 Å². The van der Waals surface area contributed by atoms with Crippen LogP contribution in [0.25, 0.3) is 0 Å². The van der Waals surface area contributed by atoms with Crippen molar-refractivity contribution < 1.29 is 18.7 Å². The van der Waals surface area contributed by atoms with Gasteiger partial charge in [-0.3, -0.25) is 4.79 Å². The van der Waals surface area contributed by atoms with Gasteiger partial charge in [-0.2, -0.15) is 0 Å². The van der Waals surface area contributed by atoms with Crippen molar-refractivity contribution in [1.29, 1.82) is 0 Å². The summed E-state index contributed by atoms with van der Waals surface area (Å²) in [7, 11) is 0. The average molecular weight is 345 g/mol. The fourth-order valence-electron chi connectivity index (χ4n) is 5.64. The van der Waals surface area contributed by atoms with E-state index in [1.165, 1.54) is 62.8 Å². The molecule has 0 saturated heterocycles. The number of hydrogen-bond acceptors (Lipinski definition) is 3. The smallest absolute Gasteiger partial charge is 0.338 e. The first kappa shape index (κ1) is 16.6. The van der Waals surface area contributed by atoms with Crippen LogP contribution >= 0.6 is 0 Å². The van der Waals surface area contributed by atoms with Gasteiger partial charge in [-0.25, -0.2) is 9.18 Å². The number of rotatable bonds is 5. The predicted molar refractivity (Wildman–Crippen MR) is 90.3 cm³/mol. The van der Waals surface area contributed by atoms with Crippen molar-refractivity contribution in [2.45, 2.75) is 38.5 Å². The molecule has 0 aliphatic heterocycles. The molecule has 4 bridgehead atoms. The van der Waals surface area contributed by atoms with Crippen LogP contribution in [0.1, 0.15) is 48.9 Å². The molecule has 4 saturated carbocycles. The minimum Gasteiger partial charge on any atom is -0.452 e. The lowest BCUT2D eigenvalue weighted by molar-refractivity contribution is -0.126. The number of carbonyl (C=O) groups is 2. The highest BCUT2D eigenvalue weighted by atomic mass is 19.1. The Bertz CT molecular complexity index is 635. The maximum atomic E-state index is 12.9. The van der Waals surface area contributed by atoms with Crippen LogP contribution in [0.3, 0.4) is 0 Å². The molecule has 0 radical (unpaired) electrons. The lowest BCUT2D eigenvalue weighted by Crippen LogP contribution is -2.51. The van der Waals surface area contributed by atoms with Gasteiger partial charge in [0.2, 0.25) is 0 Å². The van der Waals surface area contributed by atoms with Gasteiger partial charge in [0.1, 0.15) is 5.82 Å². The summed E-state index contributed by atoms with van der Waals surface area (Å²) in [6, 6.07) is 5.10. The number of ether oxygens (including phenoxy) is 1. The lowest BCUT2D eigenvalue weighted by atomic mass is 9.49. The SMILES string of the molecule is O=C(COC(=O)c1ccc(F)cc1)NCC12CC3CC(CC(C3)C1)C2. The Morgan fingerprint density at radius 3 is 2.16 bits per heavy atom. The van der Waals surface area contributed by atoms with E-state index in [2.05, 4.69) is 5.32 Å². The highest BCUT2D eigenvalue weighted by molar-refractivity contribution is 5.91. The molecule has 0 atom stereocenters. The summed E-state index contributed by atoms with van der Waals surface area (Å²) in [5.41, 5.74) is 0.515. The van der Waals surface area contributed by atoms with E-state index in [1.54, 1.807) is 0 Å². The number of hydrogen-bond donors (Lipinski definition) is 1. The summed E-state index contributed by atoms with van der Waals surface area (Å²) in [5, 5.41) is 2.98. The summed E-state index contributed by atoms with van der Waals surface area (Å²) in [4.78, 5) is 23.9. The van der Waals surface area contributed by atoms with Crippen LogP contribution in [-0.4, -0.2) is 25.0 Å². The Morgan fingerprint density at radius 1 is 1.04 bits per heavy atom. The van der Waals surface area contributed by atoms with Crippen molar-refractivity contribution >= 4 is 11.9 Å². The normalized spacial score (nSPS) is 32.4. The fraction of sp³-hybridized carbons (Fsp3) is 0.600. The van der Waals surface area contributed by atoms with Crippen molar-refractivity contribution in [3.63, 3.8) is 0 Å². The van der Waals surface area contributed by atoms with E-state index in [0.717, 1.165) is 17.8 Å². The zero-order chi connectivity index (χ0) is 17.4. The molecule has 1 amide bonds. The minimum absolute atomic E-state index is 0.246. The molecule has 4 nitrogen and oxygen atoms in total. The van der Waals surface area contributed by atoms with E-state index in [4.69, 9.17) is 4.74 Å². The molecule has 0 heterocycles. The van der Waals surface area contributed by atoms with Gasteiger partial charge in [0.25, 0.3) is 5.91 Å². The van der Waals surface area contributed by atoms with Crippen LogP contribution < -0.4 is 5.32 Å². The van der Waals surface area contributed by atoms with Crippen molar-refractivity contribution in [2.24, 2.45) is 23.2 Å². The van der Waals surface area contributed by atoms with Gasteiger partial charge in [-0.15, -0.1) is 0 Å². The third-order valence-corrected chi connectivity index (χ3v) is 6.24. The van der Waals surface area contributed by atoms with Crippen LogP contribution in [0, 0.1) is 29.0 Å². The van der Waals surface area contributed by atoms with Gasteiger partial charge in [0.05, 0.1) is 5.56 Å². The molecule has 0 spiro atoms. The summed E-state index contributed by atoms with van der Waals surface area (Å²) < 4.78 is 17.9. The first-order valence-corrected chi connectivity index (χ1v) is 9.21.